The van der Waals surface area contributed by atoms with Crippen molar-refractivity contribution in [2.75, 3.05) is 18.9 Å². The molecule has 0 saturated heterocycles. The largest absolute Gasteiger partial charge is 0.466 e. The van der Waals surface area contributed by atoms with Crippen LogP contribution in [0.1, 0.15) is 47.3 Å². The molecule has 4 aromatic carbocycles. The molecule has 0 atom stereocenters. The molecule has 8 nitrogen and oxygen atoms in total. The second-order valence-corrected chi connectivity index (χ2v) is 13.4. The Kier molecular flexibility index (Phi) is 10.8. The Balaban J connectivity index is 1.55. The van der Waals surface area contributed by atoms with Gasteiger partial charge in [0, 0.05) is 39.5 Å². The summed E-state index contributed by atoms with van der Waals surface area (Å²) in [6.07, 6.45) is 1.35. The molecule has 0 amide bonds. The minimum Gasteiger partial charge on any atom is -0.466 e. The number of sulfone groups is 1. The number of hydrogen-bond donors (Lipinski definition) is 0. The Bertz CT molecular complexity index is 1920. The number of azide groups is 1. The first-order valence-corrected chi connectivity index (χ1v) is 17.2. The number of hydrogen-bond acceptors (Lipinski definition) is 5. The molecule has 0 aliphatic heterocycles. The highest BCUT2D eigenvalue weighted by Gasteiger charge is 2.26. The quantitative estimate of drug-likeness (QED) is 0.0518. The molecule has 0 fully saturated rings. The Hall–Kier alpha value is -4.56. The van der Waals surface area contributed by atoms with Gasteiger partial charge in [-0.2, -0.15) is 0 Å². The minimum atomic E-state index is -3.67. The van der Waals surface area contributed by atoms with E-state index in [1.807, 2.05) is 54.6 Å². The number of ether oxygens (including phenoxy) is 1. The fraction of sp³-hybridized carbons (Fsp3) is 0.250. The minimum absolute atomic E-state index is 0.128. The first kappa shape index (κ1) is 32.8. The summed E-state index contributed by atoms with van der Waals surface area (Å²) in [4.78, 5) is 14.9. The number of carbonyl (C=O) groups is 1. The number of esters is 1. The lowest BCUT2D eigenvalue weighted by atomic mass is 9.97. The Labute approximate surface area is 274 Å². The third-order valence-electron chi connectivity index (χ3n) is 8.01. The van der Waals surface area contributed by atoms with Crippen molar-refractivity contribution >= 4 is 38.3 Å². The third-order valence-corrected chi connectivity index (χ3v) is 9.98. The van der Waals surface area contributed by atoms with Gasteiger partial charge in [-0.25, -0.2) is 8.42 Å². The zero-order valence-electron chi connectivity index (χ0n) is 25.6. The van der Waals surface area contributed by atoms with Gasteiger partial charge in [0.05, 0.1) is 23.3 Å². The molecule has 0 spiro atoms. The van der Waals surface area contributed by atoms with Gasteiger partial charge in [-0.1, -0.05) is 89.5 Å². The smallest absolute Gasteiger partial charge is 0.306 e. The summed E-state index contributed by atoms with van der Waals surface area (Å²) in [6, 6.07) is 32.4. The van der Waals surface area contributed by atoms with Crippen molar-refractivity contribution in [3.8, 4) is 0 Å². The van der Waals surface area contributed by atoms with Crippen LogP contribution in [-0.4, -0.2) is 37.9 Å². The van der Waals surface area contributed by atoms with E-state index in [9.17, 15) is 13.2 Å². The lowest BCUT2D eigenvalue weighted by Gasteiger charge is -2.25. The molecule has 10 heteroatoms. The fourth-order valence-electron chi connectivity index (χ4n) is 5.91. The topological polar surface area (TPSA) is 114 Å². The molecule has 0 saturated carbocycles. The normalized spacial score (nSPS) is 11.5. The molecular weight excluding hydrogens is 620 g/mol. The van der Waals surface area contributed by atoms with Crippen molar-refractivity contribution in [2.45, 2.75) is 43.5 Å². The number of aryl methyl sites for hydroxylation is 2. The van der Waals surface area contributed by atoms with Gasteiger partial charge >= 0.3 is 5.97 Å². The van der Waals surface area contributed by atoms with Crippen LogP contribution in [0.3, 0.4) is 0 Å². The van der Waals surface area contributed by atoms with E-state index in [1.165, 1.54) is 0 Å². The SMILES string of the molecule is CCOC(=O)CCc1ccc(S(=O)(=O)CCc2c(CCN=[N+]=[N-])n(C(c3ccccc3)c3ccccc3)c3ccc(Cl)cc23)cc1. The molecule has 1 heterocycles. The fourth-order valence-corrected chi connectivity index (χ4v) is 7.34. The van der Waals surface area contributed by atoms with Crippen molar-refractivity contribution < 1.29 is 17.9 Å². The second-order valence-electron chi connectivity index (χ2n) is 10.9. The summed E-state index contributed by atoms with van der Waals surface area (Å²) in [5.41, 5.74) is 14.7. The molecule has 0 aliphatic carbocycles. The third kappa shape index (κ3) is 7.62. The predicted molar refractivity (Wildman–Crippen MR) is 182 cm³/mol. The van der Waals surface area contributed by atoms with Crippen LogP contribution in [0, 0.1) is 0 Å². The van der Waals surface area contributed by atoms with Crippen molar-refractivity contribution in [2.24, 2.45) is 5.11 Å². The summed E-state index contributed by atoms with van der Waals surface area (Å²) in [6.45, 7) is 2.30. The van der Waals surface area contributed by atoms with Gasteiger partial charge in [-0.3, -0.25) is 4.79 Å². The zero-order chi connectivity index (χ0) is 32.5. The van der Waals surface area contributed by atoms with E-state index in [-0.39, 0.29) is 42.0 Å². The van der Waals surface area contributed by atoms with Gasteiger partial charge in [0.15, 0.2) is 9.84 Å². The Morgan fingerprint density at radius 1 is 0.913 bits per heavy atom. The van der Waals surface area contributed by atoms with E-state index in [0.29, 0.717) is 24.5 Å². The van der Waals surface area contributed by atoms with Gasteiger partial charge in [0.25, 0.3) is 0 Å². The van der Waals surface area contributed by atoms with Crippen LogP contribution in [0.15, 0.2) is 113 Å². The number of rotatable bonds is 14. The molecule has 46 heavy (non-hydrogen) atoms. The summed E-state index contributed by atoms with van der Waals surface area (Å²) in [5, 5.41) is 5.25. The molecule has 5 rings (SSSR count). The van der Waals surface area contributed by atoms with Gasteiger partial charge < -0.3 is 9.30 Å². The highest BCUT2D eigenvalue weighted by Crippen LogP contribution is 2.38. The van der Waals surface area contributed by atoms with Crippen molar-refractivity contribution in [3.05, 3.63) is 147 Å². The summed E-state index contributed by atoms with van der Waals surface area (Å²) in [7, 11) is -3.67. The van der Waals surface area contributed by atoms with Crippen molar-refractivity contribution in [3.63, 3.8) is 0 Å². The average molecular weight is 655 g/mol. The standard InChI is InChI=1S/C36H35ClN4O4S/c1-2-45-35(42)20-15-26-13-17-30(18-14-26)46(43,44)24-22-31-32-25-29(37)16-19-33(32)41(34(31)21-23-39-40-38)36(27-9-5-3-6-10-27)28-11-7-4-8-12-28/h3-14,16-19,25,36H,2,15,20-24H2,1H3. The van der Waals surface area contributed by atoms with E-state index >= 15 is 0 Å². The Morgan fingerprint density at radius 2 is 1.57 bits per heavy atom. The van der Waals surface area contributed by atoms with E-state index < -0.39 is 9.84 Å². The number of nitrogens with zero attached hydrogens (tertiary/aromatic N) is 4. The molecule has 0 aliphatic rings. The number of halogens is 1. The van der Waals surface area contributed by atoms with Gasteiger partial charge in [0.2, 0.25) is 0 Å². The van der Waals surface area contributed by atoms with Gasteiger partial charge in [-0.05, 0) is 84.3 Å². The number of benzene rings is 4. The molecule has 236 valence electrons. The molecule has 0 bridgehead atoms. The summed E-state index contributed by atoms with van der Waals surface area (Å²) < 4.78 is 34.5. The van der Waals surface area contributed by atoms with Crippen LogP contribution in [0.4, 0.5) is 0 Å². The van der Waals surface area contributed by atoms with Crippen molar-refractivity contribution in [1.29, 1.82) is 0 Å². The van der Waals surface area contributed by atoms with Crippen molar-refractivity contribution in [1.82, 2.24) is 4.57 Å². The zero-order valence-corrected chi connectivity index (χ0v) is 27.1. The van der Waals surface area contributed by atoms with Crippen LogP contribution in [-0.2, 0) is 38.6 Å². The molecule has 0 unspecified atom stereocenters. The maximum Gasteiger partial charge on any atom is 0.306 e. The second kappa shape index (κ2) is 15.1. The van der Waals surface area contributed by atoms with Gasteiger partial charge in [0.1, 0.15) is 0 Å². The van der Waals surface area contributed by atoms with E-state index in [2.05, 4.69) is 38.9 Å². The van der Waals surface area contributed by atoms with E-state index in [4.69, 9.17) is 21.9 Å². The summed E-state index contributed by atoms with van der Waals surface area (Å²) in [5.74, 6) is -0.409. The summed E-state index contributed by atoms with van der Waals surface area (Å²) >= 11 is 6.53. The number of carbonyl (C=O) groups excluding carboxylic acids is 1. The van der Waals surface area contributed by atoms with Crippen LogP contribution in [0.2, 0.25) is 5.02 Å². The van der Waals surface area contributed by atoms with Gasteiger partial charge in [-0.15, -0.1) is 0 Å². The monoisotopic (exact) mass is 654 g/mol. The number of aromatic nitrogens is 1. The van der Waals surface area contributed by atoms with E-state index in [0.717, 1.165) is 38.9 Å². The molecule has 0 N–H and O–H groups in total. The lowest BCUT2D eigenvalue weighted by Crippen LogP contribution is -2.17. The van der Waals surface area contributed by atoms with Crippen LogP contribution in [0.25, 0.3) is 21.3 Å². The molecule has 0 radical (unpaired) electrons. The highest BCUT2D eigenvalue weighted by atomic mass is 35.5. The first-order valence-electron chi connectivity index (χ1n) is 15.2. The first-order chi connectivity index (χ1) is 22.3. The Morgan fingerprint density at radius 3 is 2.17 bits per heavy atom. The van der Waals surface area contributed by atoms with E-state index in [1.54, 1.807) is 31.2 Å². The maximum atomic E-state index is 13.7. The van der Waals surface area contributed by atoms with Crippen LogP contribution < -0.4 is 0 Å². The van der Waals surface area contributed by atoms with Crippen LogP contribution >= 0.6 is 11.6 Å². The predicted octanol–water partition coefficient (Wildman–Crippen LogP) is 8.30. The molecule has 5 aromatic rings. The van der Waals surface area contributed by atoms with Crippen LogP contribution in [0.5, 0.6) is 0 Å². The highest BCUT2D eigenvalue weighted by molar-refractivity contribution is 7.91. The molecular formula is C36H35ClN4O4S. The maximum absolute atomic E-state index is 13.7. The average Bonchev–Trinajstić information content (AvgIpc) is 3.36. The number of fused-ring (bicyclic) bond motifs is 1. The lowest BCUT2D eigenvalue weighted by molar-refractivity contribution is -0.143. The molecule has 1 aromatic heterocycles.